The average molecular weight is 332 g/mol. The van der Waals surface area contributed by atoms with E-state index in [2.05, 4.69) is 30.5 Å². The summed E-state index contributed by atoms with van der Waals surface area (Å²) in [4.78, 5) is 27.7. The molecule has 7 nitrogen and oxygen atoms in total. The van der Waals surface area contributed by atoms with E-state index in [1.54, 1.807) is 24.7 Å². The predicted molar refractivity (Wildman–Crippen MR) is 89.4 cm³/mol. The van der Waals surface area contributed by atoms with Gasteiger partial charge in [0.2, 0.25) is 0 Å². The zero-order chi connectivity index (χ0) is 15.9. The SMILES string of the molecule is O=C(NCCCN1CCNCC1)c1cnc(-c2ncccn2)s1. The number of nitrogens with one attached hydrogen (secondary N) is 2. The van der Waals surface area contributed by atoms with Crippen LogP contribution in [0.25, 0.3) is 10.8 Å². The first-order chi connectivity index (χ1) is 11.3. The lowest BCUT2D eigenvalue weighted by atomic mass is 10.3. The molecule has 23 heavy (non-hydrogen) atoms. The molecule has 0 saturated carbocycles. The molecule has 0 radical (unpaired) electrons. The zero-order valence-corrected chi connectivity index (χ0v) is 13.7. The molecule has 2 N–H and O–H groups in total. The second kappa shape index (κ2) is 8.09. The number of hydrogen-bond donors (Lipinski definition) is 2. The molecule has 2 aromatic rings. The van der Waals surface area contributed by atoms with Gasteiger partial charge in [0.15, 0.2) is 10.8 Å². The van der Waals surface area contributed by atoms with Gasteiger partial charge in [-0.1, -0.05) is 0 Å². The Hall–Kier alpha value is -1.90. The highest BCUT2D eigenvalue weighted by Gasteiger charge is 2.13. The van der Waals surface area contributed by atoms with Gasteiger partial charge >= 0.3 is 0 Å². The van der Waals surface area contributed by atoms with Gasteiger partial charge in [0, 0.05) is 45.1 Å². The lowest BCUT2D eigenvalue weighted by Crippen LogP contribution is -2.44. The van der Waals surface area contributed by atoms with Crippen LogP contribution in [0.1, 0.15) is 16.1 Å². The van der Waals surface area contributed by atoms with E-state index in [1.165, 1.54) is 11.3 Å². The molecule has 1 aliphatic heterocycles. The largest absolute Gasteiger partial charge is 0.351 e. The van der Waals surface area contributed by atoms with Crippen molar-refractivity contribution in [2.75, 3.05) is 39.3 Å². The van der Waals surface area contributed by atoms with Gasteiger partial charge in [0.25, 0.3) is 5.91 Å². The number of piperazine rings is 1. The Balaban J connectivity index is 1.44. The predicted octanol–water partition coefficient (Wildman–Crippen LogP) is 0.625. The summed E-state index contributed by atoms with van der Waals surface area (Å²) in [5.41, 5.74) is 0. The Bertz CT molecular complexity index is 626. The van der Waals surface area contributed by atoms with Crippen LogP contribution in [0, 0.1) is 0 Å². The minimum atomic E-state index is -0.0787. The first-order valence-electron chi connectivity index (χ1n) is 7.77. The number of rotatable bonds is 6. The molecule has 8 heteroatoms. The van der Waals surface area contributed by atoms with Gasteiger partial charge in [-0.05, 0) is 19.0 Å². The maximum atomic E-state index is 12.1. The fourth-order valence-electron chi connectivity index (χ4n) is 2.42. The van der Waals surface area contributed by atoms with Crippen LogP contribution in [0.2, 0.25) is 0 Å². The Kier molecular flexibility index (Phi) is 5.62. The summed E-state index contributed by atoms with van der Waals surface area (Å²) in [7, 11) is 0. The number of thiazole rings is 1. The van der Waals surface area contributed by atoms with E-state index >= 15 is 0 Å². The molecule has 1 fully saturated rings. The highest BCUT2D eigenvalue weighted by atomic mass is 32.1. The molecular formula is C15H20N6OS. The molecule has 0 aromatic carbocycles. The number of carbonyl (C=O) groups is 1. The number of amides is 1. The third kappa shape index (κ3) is 4.54. The molecule has 0 bridgehead atoms. The fraction of sp³-hybridized carbons (Fsp3) is 0.467. The highest BCUT2D eigenvalue weighted by Crippen LogP contribution is 2.21. The van der Waals surface area contributed by atoms with Crippen molar-refractivity contribution in [1.29, 1.82) is 0 Å². The van der Waals surface area contributed by atoms with E-state index in [9.17, 15) is 4.79 Å². The lowest BCUT2D eigenvalue weighted by Gasteiger charge is -2.26. The first kappa shape index (κ1) is 16.0. The van der Waals surface area contributed by atoms with Crippen molar-refractivity contribution in [3.05, 3.63) is 29.5 Å². The van der Waals surface area contributed by atoms with Gasteiger partial charge in [-0.3, -0.25) is 4.79 Å². The van der Waals surface area contributed by atoms with Crippen LogP contribution in [0.5, 0.6) is 0 Å². The molecule has 2 aromatic heterocycles. The third-order valence-electron chi connectivity index (χ3n) is 3.63. The molecule has 3 heterocycles. The molecule has 0 unspecified atom stereocenters. The van der Waals surface area contributed by atoms with Crippen LogP contribution in [0.3, 0.4) is 0 Å². The quantitative estimate of drug-likeness (QED) is 0.755. The second-order valence-corrected chi connectivity index (χ2v) is 6.33. The fourth-order valence-corrected chi connectivity index (χ4v) is 3.20. The molecule has 1 amide bonds. The minimum absolute atomic E-state index is 0.0787. The zero-order valence-electron chi connectivity index (χ0n) is 12.9. The highest BCUT2D eigenvalue weighted by molar-refractivity contribution is 7.16. The third-order valence-corrected chi connectivity index (χ3v) is 4.62. The Labute approximate surface area is 139 Å². The Morgan fingerprint density at radius 2 is 2.04 bits per heavy atom. The summed E-state index contributed by atoms with van der Waals surface area (Å²) in [6.45, 7) is 5.98. The van der Waals surface area contributed by atoms with Crippen LogP contribution >= 0.6 is 11.3 Å². The van der Waals surface area contributed by atoms with E-state index in [4.69, 9.17) is 0 Å². The minimum Gasteiger partial charge on any atom is -0.351 e. The summed E-state index contributed by atoms with van der Waals surface area (Å²) in [5, 5.41) is 6.95. The monoisotopic (exact) mass is 332 g/mol. The molecule has 0 atom stereocenters. The summed E-state index contributed by atoms with van der Waals surface area (Å²) in [6, 6.07) is 1.75. The van der Waals surface area contributed by atoms with Crippen LogP contribution in [-0.2, 0) is 0 Å². The molecule has 1 saturated heterocycles. The summed E-state index contributed by atoms with van der Waals surface area (Å²) < 4.78 is 0. The second-order valence-electron chi connectivity index (χ2n) is 5.30. The van der Waals surface area contributed by atoms with Gasteiger partial charge in [0.1, 0.15) is 4.88 Å². The molecule has 0 spiro atoms. The molecule has 1 aliphatic rings. The average Bonchev–Trinajstić information content (AvgIpc) is 3.10. The smallest absolute Gasteiger partial charge is 0.263 e. The Morgan fingerprint density at radius 1 is 1.26 bits per heavy atom. The van der Waals surface area contributed by atoms with Gasteiger partial charge in [-0.15, -0.1) is 11.3 Å². The molecule has 0 aliphatic carbocycles. The Morgan fingerprint density at radius 3 is 2.83 bits per heavy atom. The lowest BCUT2D eigenvalue weighted by molar-refractivity contribution is 0.0955. The first-order valence-corrected chi connectivity index (χ1v) is 8.59. The molecule has 122 valence electrons. The normalized spacial score (nSPS) is 15.5. The van der Waals surface area contributed by atoms with Gasteiger partial charge in [-0.25, -0.2) is 15.0 Å². The van der Waals surface area contributed by atoms with Crippen molar-refractivity contribution < 1.29 is 4.79 Å². The van der Waals surface area contributed by atoms with Gasteiger partial charge < -0.3 is 15.5 Å². The van der Waals surface area contributed by atoms with Gasteiger partial charge in [0.05, 0.1) is 6.20 Å². The van der Waals surface area contributed by atoms with E-state index in [1.807, 2.05) is 0 Å². The van der Waals surface area contributed by atoms with E-state index in [0.717, 1.165) is 39.1 Å². The number of hydrogen-bond acceptors (Lipinski definition) is 7. The van der Waals surface area contributed by atoms with Crippen LogP contribution in [-0.4, -0.2) is 65.0 Å². The van der Waals surface area contributed by atoms with E-state index in [-0.39, 0.29) is 5.91 Å². The number of aromatic nitrogens is 3. The van der Waals surface area contributed by atoms with Gasteiger partial charge in [-0.2, -0.15) is 0 Å². The van der Waals surface area contributed by atoms with Crippen LogP contribution in [0.4, 0.5) is 0 Å². The summed E-state index contributed by atoms with van der Waals surface area (Å²) >= 11 is 1.31. The molecule has 3 rings (SSSR count). The topological polar surface area (TPSA) is 83.0 Å². The van der Waals surface area contributed by atoms with Crippen molar-refractivity contribution >= 4 is 17.2 Å². The van der Waals surface area contributed by atoms with Crippen molar-refractivity contribution in [2.24, 2.45) is 0 Å². The number of carbonyl (C=O) groups excluding carboxylic acids is 1. The van der Waals surface area contributed by atoms with Crippen LogP contribution in [0.15, 0.2) is 24.7 Å². The van der Waals surface area contributed by atoms with Crippen LogP contribution < -0.4 is 10.6 Å². The van der Waals surface area contributed by atoms with E-state index in [0.29, 0.717) is 22.3 Å². The van der Waals surface area contributed by atoms with Crippen molar-refractivity contribution in [3.63, 3.8) is 0 Å². The van der Waals surface area contributed by atoms with E-state index < -0.39 is 0 Å². The summed E-state index contributed by atoms with van der Waals surface area (Å²) in [6.07, 6.45) is 5.88. The van der Waals surface area contributed by atoms with Crippen molar-refractivity contribution in [1.82, 2.24) is 30.5 Å². The summed E-state index contributed by atoms with van der Waals surface area (Å²) in [5.74, 6) is 0.472. The molecular weight excluding hydrogens is 312 g/mol. The standard InChI is InChI=1S/C15H20N6OS/c22-14(19-5-2-8-21-9-6-16-7-10-21)12-11-20-15(23-12)13-17-3-1-4-18-13/h1,3-4,11,16H,2,5-10H2,(H,19,22). The number of nitrogens with zero attached hydrogens (tertiary/aromatic N) is 4. The maximum absolute atomic E-state index is 12.1. The maximum Gasteiger partial charge on any atom is 0.263 e. The van der Waals surface area contributed by atoms with Crippen molar-refractivity contribution in [3.8, 4) is 10.8 Å². The van der Waals surface area contributed by atoms with Crippen molar-refractivity contribution in [2.45, 2.75) is 6.42 Å².